The van der Waals surface area contributed by atoms with E-state index in [1.165, 1.54) is 7.11 Å². The number of hydrogen-bond donors (Lipinski definition) is 1. The summed E-state index contributed by atoms with van der Waals surface area (Å²) in [6.07, 6.45) is 0. The van der Waals surface area contributed by atoms with Crippen molar-refractivity contribution in [1.82, 2.24) is 0 Å². The molecule has 3 N–H and O–H groups in total. The van der Waals surface area contributed by atoms with Gasteiger partial charge >= 0.3 is 5.97 Å². The number of rotatable bonds is 3. The van der Waals surface area contributed by atoms with Gasteiger partial charge in [-0.05, 0) is 12.5 Å². The van der Waals surface area contributed by atoms with E-state index < -0.39 is 5.41 Å². The van der Waals surface area contributed by atoms with E-state index in [9.17, 15) is 4.79 Å². The number of carbonyl (C=O) groups excluding carboxylic acids is 1. The number of carbonyl (C=O) groups is 1. The highest BCUT2D eigenvalue weighted by molar-refractivity contribution is 5.82. The first-order valence-corrected chi connectivity index (χ1v) is 4.58. The lowest BCUT2D eigenvalue weighted by Gasteiger charge is -2.22. The van der Waals surface area contributed by atoms with Gasteiger partial charge in [0.05, 0.1) is 13.7 Å². The molecule has 0 amide bonds. The molecule has 0 bridgehead atoms. The smallest absolute Gasteiger partial charge is 0.321 e. The maximum absolute atomic E-state index is 11.6. The van der Waals surface area contributed by atoms with Crippen LogP contribution in [-0.2, 0) is 14.9 Å². The second-order valence-electron chi connectivity index (χ2n) is 3.44. The fourth-order valence-corrected chi connectivity index (χ4v) is 1.40. The van der Waals surface area contributed by atoms with Gasteiger partial charge in [0.15, 0.2) is 0 Å². The largest absolute Gasteiger partial charge is 0.468 e. The molecule has 0 aliphatic rings. The molecule has 1 aromatic rings. The summed E-state index contributed by atoms with van der Waals surface area (Å²) in [5.74, 6) is -0.237. The Hall–Kier alpha value is -1.35. The number of methoxy groups -OCH3 is 1. The summed E-state index contributed by atoms with van der Waals surface area (Å²) in [4.78, 5) is 11.6. The number of ether oxygens (including phenoxy) is 1. The van der Waals surface area contributed by atoms with Gasteiger partial charge in [-0.25, -0.2) is 0 Å². The van der Waals surface area contributed by atoms with Gasteiger partial charge in [-0.1, -0.05) is 30.3 Å². The maximum atomic E-state index is 11.6. The van der Waals surface area contributed by atoms with Crippen molar-refractivity contribution in [2.45, 2.75) is 12.3 Å². The third-order valence-electron chi connectivity index (χ3n) is 2.55. The summed E-state index contributed by atoms with van der Waals surface area (Å²) < 4.78 is 4.78. The topological polar surface area (TPSA) is 53.9 Å². The van der Waals surface area contributed by atoms with E-state index in [0.717, 1.165) is 5.56 Å². The third-order valence-corrected chi connectivity index (χ3v) is 2.55. The lowest BCUT2D eigenvalue weighted by molar-refractivity contribution is -0.379. The van der Waals surface area contributed by atoms with Crippen molar-refractivity contribution >= 4 is 5.97 Å². The van der Waals surface area contributed by atoms with Crippen molar-refractivity contribution < 1.29 is 15.3 Å². The molecule has 0 heterocycles. The Labute approximate surface area is 83.9 Å². The van der Waals surface area contributed by atoms with Crippen molar-refractivity contribution in [3.63, 3.8) is 0 Å². The van der Waals surface area contributed by atoms with Crippen LogP contribution < -0.4 is 5.73 Å². The molecular weight excluding hydrogens is 178 g/mol. The summed E-state index contributed by atoms with van der Waals surface area (Å²) >= 11 is 0. The molecule has 1 atom stereocenters. The van der Waals surface area contributed by atoms with Crippen LogP contribution in [0.15, 0.2) is 30.3 Å². The molecule has 1 aromatic carbocycles. The first-order valence-electron chi connectivity index (χ1n) is 4.58. The molecule has 1 rings (SSSR count). The minimum atomic E-state index is -0.629. The Morgan fingerprint density at radius 3 is 2.43 bits per heavy atom. The molecule has 0 saturated carbocycles. The van der Waals surface area contributed by atoms with Crippen LogP contribution in [0.5, 0.6) is 0 Å². The first kappa shape index (κ1) is 10.7. The molecule has 3 heteroatoms. The number of benzene rings is 1. The zero-order chi connectivity index (χ0) is 10.6. The van der Waals surface area contributed by atoms with Gasteiger partial charge in [-0.3, -0.25) is 4.79 Å². The Kier molecular flexibility index (Phi) is 3.25. The zero-order valence-electron chi connectivity index (χ0n) is 8.62. The zero-order valence-corrected chi connectivity index (χ0v) is 8.62. The average Bonchev–Trinajstić information content (AvgIpc) is 2.28. The number of quaternary nitrogens is 1. The Morgan fingerprint density at radius 1 is 1.43 bits per heavy atom. The van der Waals surface area contributed by atoms with Crippen LogP contribution in [0.4, 0.5) is 0 Å². The van der Waals surface area contributed by atoms with E-state index in [1.807, 2.05) is 37.3 Å². The van der Waals surface area contributed by atoms with E-state index in [1.54, 1.807) is 0 Å². The van der Waals surface area contributed by atoms with Crippen molar-refractivity contribution in [3.8, 4) is 0 Å². The van der Waals surface area contributed by atoms with E-state index >= 15 is 0 Å². The van der Waals surface area contributed by atoms with Crippen LogP contribution in [0, 0.1) is 0 Å². The monoisotopic (exact) mass is 194 g/mol. The summed E-state index contributed by atoms with van der Waals surface area (Å²) in [5, 5.41) is 0. The van der Waals surface area contributed by atoms with Gasteiger partial charge in [0.2, 0.25) is 0 Å². The second kappa shape index (κ2) is 4.24. The molecule has 0 aliphatic heterocycles. The van der Waals surface area contributed by atoms with Gasteiger partial charge in [0, 0.05) is 0 Å². The molecular formula is C11H16NO2+. The van der Waals surface area contributed by atoms with Crippen molar-refractivity contribution in [2.75, 3.05) is 13.7 Å². The van der Waals surface area contributed by atoms with E-state index in [2.05, 4.69) is 5.73 Å². The molecule has 0 saturated heterocycles. The fourth-order valence-electron chi connectivity index (χ4n) is 1.40. The highest BCUT2D eigenvalue weighted by Gasteiger charge is 2.36. The van der Waals surface area contributed by atoms with Crippen LogP contribution in [0.1, 0.15) is 12.5 Å². The molecule has 0 fully saturated rings. The van der Waals surface area contributed by atoms with Gasteiger partial charge in [0.25, 0.3) is 0 Å². The van der Waals surface area contributed by atoms with Crippen molar-refractivity contribution in [3.05, 3.63) is 35.9 Å². The van der Waals surface area contributed by atoms with Crippen LogP contribution in [0.2, 0.25) is 0 Å². The highest BCUT2D eigenvalue weighted by atomic mass is 16.5. The van der Waals surface area contributed by atoms with Gasteiger partial charge in [0.1, 0.15) is 5.41 Å². The Morgan fingerprint density at radius 2 is 2.00 bits per heavy atom. The normalized spacial score (nSPS) is 14.5. The Bertz CT molecular complexity index is 310. The maximum Gasteiger partial charge on any atom is 0.321 e. The van der Waals surface area contributed by atoms with E-state index in [0.29, 0.717) is 6.54 Å². The number of hydrogen-bond acceptors (Lipinski definition) is 2. The van der Waals surface area contributed by atoms with Crippen LogP contribution in [0.3, 0.4) is 0 Å². The standard InChI is InChI=1S/C11H15NO2/c1-11(8-12,10(13)14-2)9-6-4-3-5-7-9/h3-7H,8,12H2,1-2H3/p+1. The summed E-state index contributed by atoms with van der Waals surface area (Å²) in [7, 11) is 1.40. The van der Waals surface area contributed by atoms with Crippen molar-refractivity contribution in [1.29, 1.82) is 0 Å². The quantitative estimate of drug-likeness (QED) is 0.706. The van der Waals surface area contributed by atoms with Crippen LogP contribution in [0.25, 0.3) is 0 Å². The molecule has 76 valence electrons. The minimum Gasteiger partial charge on any atom is -0.468 e. The average molecular weight is 194 g/mol. The lowest BCUT2D eigenvalue weighted by atomic mass is 9.83. The molecule has 14 heavy (non-hydrogen) atoms. The molecule has 1 unspecified atom stereocenters. The molecule has 3 nitrogen and oxygen atoms in total. The van der Waals surface area contributed by atoms with Crippen molar-refractivity contribution in [2.24, 2.45) is 0 Å². The summed E-state index contributed by atoms with van der Waals surface area (Å²) in [5.41, 5.74) is 4.12. The van der Waals surface area contributed by atoms with E-state index in [-0.39, 0.29) is 5.97 Å². The molecule has 0 spiro atoms. The predicted molar refractivity (Wildman–Crippen MR) is 53.6 cm³/mol. The van der Waals surface area contributed by atoms with Gasteiger partial charge in [-0.2, -0.15) is 0 Å². The fraction of sp³-hybridized carbons (Fsp3) is 0.364. The highest BCUT2D eigenvalue weighted by Crippen LogP contribution is 2.23. The Balaban J connectivity index is 3.08. The SMILES string of the molecule is COC(=O)C(C)(C[NH3+])c1ccccc1. The second-order valence-corrected chi connectivity index (χ2v) is 3.44. The van der Waals surface area contributed by atoms with Crippen LogP contribution >= 0.6 is 0 Å². The predicted octanol–water partition coefficient (Wildman–Crippen LogP) is 0.359. The molecule has 0 aromatic heterocycles. The molecule has 0 radical (unpaired) electrons. The summed E-state index contributed by atoms with van der Waals surface area (Å²) in [6.45, 7) is 2.34. The minimum absolute atomic E-state index is 0.237. The van der Waals surface area contributed by atoms with Crippen LogP contribution in [-0.4, -0.2) is 19.6 Å². The lowest BCUT2D eigenvalue weighted by Crippen LogP contribution is -2.61. The van der Waals surface area contributed by atoms with Gasteiger partial charge in [-0.15, -0.1) is 0 Å². The molecule has 0 aliphatic carbocycles. The number of esters is 1. The third kappa shape index (κ3) is 1.77. The first-order chi connectivity index (χ1) is 6.65. The summed E-state index contributed by atoms with van der Waals surface area (Å²) in [6, 6.07) is 9.58. The van der Waals surface area contributed by atoms with Gasteiger partial charge < -0.3 is 10.5 Å². The van der Waals surface area contributed by atoms with E-state index in [4.69, 9.17) is 4.74 Å².